The Morgan fingerprint density at radius 3 is 2.59 bits per heavy atom. The van der Waals surface area contributed by atoms with Crippen LogP contribution in [-0.4, -0.2) is 34.7 Å². The summed E-state index contributed by atoms with van der Waals surface area (Å²) in [5.74, 6) is -0.581. The van der Waals surface area contributed by atoms with Gasteiger partial charge in [-0.2, -0.15) is 0 Å². The van der Waals surface area contributed by atoms with Crippen LogP contribution in [0.1, 0.15) is 15.9 Å². The molecule has 0 N–H and O–H groups in total. The Balaban J connectivity index is 2.87. The molecule has 0 saturated heterocycles. The quantitative estimate of drug-likeness (QED) is 0.471. The summed E-state index contributed by atoms with van der Waals surface area (Å²) < 4.78 is 31.9. The number of carbonyl (C=O) groups excluding carboxylic acids is 1. The van der Waals surface area contributed by atoms with Gasteiger partial charge in [0.25, 0.3) is 9.05 Å². The molecule has 0 atom stereocenters. The lowest BCUT2D eigenvalue weighted by atomic mass is 10.2. The molecule has 17 heavy (non-hydrogen) atoms. The molecule has 0 saturated carbocycles. The van der Waals surface area contributed by atoms with E-state index in [1.165, 1.54) is 19.4 Å². The maximum atomic E-state index is 11.6. The van der Waals surface area contributed by atoms with Crippen molar-refractivity contribution in [3.63, 3.8) is 0 Å². The van der Waals surface area contributed by atoms with Gasteiger partial charge in [-0.25, -0.2) is 13.2 Å². The fourth-order valence-electron chi connectivity index (χ4n) is 1.14. The van der Waals surface area contributed by atoms with Gasteiger partial charge in [-0.15, -0.1) is 11.3 Å². The third-order valence-corrected chi connectivity index (χ3v) is 5.26. The van der Waals surface area contributed by atoms with Crippen LogP contribution in [0, 0.1) is 6.92 Å². The summed E-state index contributed by atoms with van der Waals surface area (Å²) in [6, 6.07) is 0. The number of methoxy groups -OCH3 is 1. The van der Waals surface area contributed by atoms with Crippen molar-refractivity contribution in [2.45, 2.75) is 11.1 Å². The molecule has 1 aromatic heterocycles. The normalized spacial score (nSPS) is 11.5. The van der Waals surface area contributed by atoms with Crippen LogP contribution in [0.2, 0.25) is 0 Å². The van der Waals surface area contributed by atoms with E-state index in [0.29, 0.717) is 5.56 Å². The Hall–Kier alpha value is -0.630. The second-order valence-corrected chi connectivity index (χ2v) is 6.77. The van der Waals surface area contributed by atoms with Gasteiger partial charge in [0.1, 0.15) is 10.8 Å². The molecule has 0 aliphatic rings. The molecule has 1 aromatic rings. The zero-order valence-corrected chi connectivity index (χ0v) is 11.6. The Morgan fingerprint density at radius 1 is 1.47 bits per heavy atom. The molecule has 5 nitrogen and oxygen atoms in total. The van der Waals surface area contributed by atoms with Gasteiger partial charge in [0.15, 0.2) is 0 Å². The average molecular weight is 299 g/mol. The highest BCUT2D eigenvalue weighted by Crippen LogP contribution is 2.29. The smallest absolute Gasteiger partial charge is 0.339 e. The van der Waals surface area contributed by atoms with Crippen molar-refractivity contribution in [2.75, 3.05) is 20.3 Å². The number of rotatable bonds is 5. The van der Waals surface area contributed by atoms with Crippen LogP contribution < -0.4 is 0 Å². The number of esters is 1. The summed E-state index contributed by atoms with van der Waals surface area (Å²) in [5.41, 5.74) is 0.526. The minimum Gasteiger partial charge on any atom is -0.460 e. The molecule has 1 heterocycles. The van der Waals surface area contributed by atoms with Crippen LogP contribution in [-0.2, 0) is 18.5 Å². The summed E-state index contributed by atoms with van der Waals surface area (Å²) in [7, 11) is 2.89. The van der Waals surface area contributed by atoms with Gasteiger partial charge in [-0.1, -0.05) is 0 Å². The number of hydrogen-bond acceptors (Lipinski definition) is 6. The molecule has 0 unspecified atom stereocenters. The van der Waals surface area contributed by atoms with Crippen LogP contribution in [0.3, 0.4) is 0 Å². The van der Waals surface area contributed by atoms with E-state index >= 15 is 0 Å². The minimum absolute atomic E-state index is 0.0298. The molecule has 0 aromatic carbocycles. The van der Waals surface area contributed by atoms with E-state index in [0.717, 1.165) is 11.3 Å². The lowest BCUT2D eigenvalue weighted by Gasteiger charge is -2.03. The van der Waals surface area contributed by atoms with E-state index in [9.17, 15) is 13.2 Å². The standard InChI is InChI=1S/C9H11ClO5S2/c1-6-7(8(11)15-4-3-14-2)5-16-9(6)17(10,12)13/h5H,3-4H2,1-2H3. The van der Waals surface area contributed by atoms with E-state index < -0.39 is 15.0 Å². The van der Waals surface area contributed by atoms with Crippen molar-refractivity contribution in [1.29, 1.82) is 0 Å². The van der Waals surface area contributed by atoms with Gasteiger partial charge in [-0.3, -0.25) is 0 Å². The lowest BCUT2D eigenvalue weighted by molar-refractivity contribution is 0.0388. The topological polar surface area (TPSA) is 69.7 Å². The fourth-order valence-corrected chi connectivity index (χ4v) is 3.68. The van der Waals surface area contributed by atoms with Gasteiger partial charge >= 0.3 is 5.97 Å². The van der Waals surface area contributed by atoms with E-state index in [1.54, 1.807) is 0 Å². The van der Waals surface area contributed by atoms with Crippen molar-refractivity contribution in [2.24, 2.45) is 0 Å². The first-order chi connectivity index (χ1) is 7.88. The predicted octanol–water partition coefficient (Wildman–Crippen LogP) is 1.79. The first-order valence-corrected chi connectivity index (χ1v) is 7.75. The maximum Gasteiger partial charge on any atom is 0.339 e. The number of ether oxygens (including phenoxy) is 2. The van der Waals surface area contributed by atoms with Crippen LogP contribution in [0.15, 0.2) is 9.59 Å². The van der Waals surface area contributed by atoms with Crippen LogP contribution >= 0.6 is 22.0 Å². The SMILES string of the molecule is COCCOC(=O)c1csc(S(=O)(=O)Cl)c1C. The molecular formula is C9H11ClO5S2. The number of hydrogen-bond donors (Lipinski definition) is 0. The third-order valence-electron chi connectivity index (χ3n) is 1.96. The first-order valence-electron chi connectivity index (χ1n) is 4.56. The van der Waals surface area contributed by atoms with E-state index in [2.05, 4.69) is 0 Å². The summed E-state index contributed by atoms with van der Waals surface area (Å²) in [5, 5.41) is 1.42. The monoisotopic (exact) mass is 298 g/mol. The molecule has 0 amide bonds. The number of carbonyl (C=O) groups is 1. The molecule has 0 spiro atoms. The molecule has 0 bridgehead atoms. The van der Waals surface area contributed by atoms with Gasteiger partial charge in [0, 0.05) is 23.2 Å². The van der Waals surface area contributed by atoms with Gasteiger partial charge in [0.2, 0.25) is 0 Å². The second-order valence-electron chi connectivity index (χ2n) is 3.13. The molecule has 0 fully saturated rings. The van der Waals surface area contributed by atoms with Crippen molar-refractivity contribution in [3.8, 4) is 0 Å². The largest absolute Gasteiger partial charge is 0.460 e. The number of thiophene rings is 1. The molecular weight excluding hydrogens is 288 g/mol. The molecule has 8 heteroatoms. The van der Waals surface area contributed by atoms with E-state index in [-0.39, 0.29) is 23.0 Å². The first kappa shape index (κ1) is 14.4. The highest BCUT2D eigenvalue weighted by Gasteiger charge is 2.22. The van der Waals surface area contributed by atoms with Gasteiger partial charge in [-0.05, 0) is 12.5 Å². The summed E-state index contributed by atoms with van der Waals surface area (Å²) in [6.45, 7) is 1.92. The highest BCUT2D eigenvalue weighted by molar-refractivity contribution is 8.15. The van der Waals surface area contributed by atoms with Crippen LogP contribution in [0.5, 0.6) is 0 Å². The van der Waals surface area contributed by atoms with Crippen molar-refractivity contribution < 1.29 is 22.7 Å². The summed E-state index contributed by atoms with van der Waals surface area (Å²) >= 11 is 0.899. The number of halogens is 1. The predicted molar refractivity (Wildman–Crippen MR) is 64.3 cm³/mol. The molecule has 0 radical (unpaired) electrons. The Kier molecular flexibility index (Phi) is 4.93. The molecule has 0 aliphatic carbocycles. The second kappa shape index (κ2) is 5.81. The molecule has 1 rings (SSSR count). The zero-order chi connectivity index (χ0) is 13.1. The lowest BCUT2D eigenvalue weighted by Crippen LogP contribution is -2.10. The highest BCUT2D eigenvalue weighted by atomic mass is 35.7. The maximum absolute atomic E-state index is 11.6. The molecule has 96 valence electrons. The van der Waals surface area contributed by atoms with E-state index in [4.69, 9.17) is 20.2 Å². The zero-order valence-electron chi connectivity index (χ0n) is 9.23. The average Bonchev–Trinajstić information content (AvgIpc) is 2.59. The summed E-state index contributed by atoms with van der Waals surface area (Å²) in [6.07, 6.45) is 0. The fraction of sp³-hybridized carbons (Fsp3) is 0.444. The van der Waals surface area contributed by atoms with Gasteiger partial charge in [0.05, 0.1) is 12.2 Å². The Morgan fingerprint density at radius 2 is 2.12 bits per heavy atom. The van der Waals surface area contributed by atoms with Crippen LogP contribution in [0.4, 0.5) is 0 Å². The summed E-state index contributed by atoms with van der Waals surface area (Å²) in [4.78, 5) is 11.6. The van der Waals surface area contributed by atoms with Crippen molar-refractivity contribution >= 4 is 37.0 Å². The van der Waals surface area contributed by atoms with E-state index in [1.807, 2.05) is 0 Å². The Labute approximate surface area is 108 Å². The third kappa shape index (κ3) is 3.67. The van der Waals surface area contributed by atoms with Gasteiger partial charge < -0.3 is 9.47 Å². The van der Waals surface area contributed by atoms with Crippen molar-refractivity contribution in [3.05, 3.63) is 16.5 Å². The van der Waals surface area contributed by atoms with Crippen molar-refractivity contribution in [1.82, 2.24) is 0 Å². The Bertz CT molecular complexity index is 505. The minimum atomic E-state index is -3.81. The van der Waals surface area contributed by atoms with Crippen LogP contribution in [0.25, 0.3) is 0 Å². The molecule has 0 aliphatic heterocycles.